The summed E-state index contributed by atoms with van der Waals surface area (Å²) in [6.07, 6.45) is -8.13. The fraction of sp³-hybridized carbons (Fsp3) is 0.286. The summed E-state index contributed by atoms with van der Waals surface area (Å²) in [4.78, 5) is 21.0. The van der Waals surface area contributed by atoms with Crippen molar-refractivity contribution in [2.75, 3.05) is 0 Å². The van der Waals surface area contributed by atoms with Gasteiger partial charge in [0.2, 0.25) is 0 Å². The topological polar surface area (TPSA) is 99.6 Å². The van der Waals surface area contributed by atoms with Gasteiger partial charge in [0.05, 0.1) is 13.2 Å². The number of alkyl halides is 6. The molecule has 2 aromatic rings. The van der Waals surface area contributed by atoms with E-state index in [1.54, 1.807) is 0 Å². The van der Waals surface area contributed by atoms with Gasteiger partial charge in [0.15, 0.2) is 0 Å². The van der Waals surface area contributed by atoms with Gasteiger partial charge in [0.1, 0.15) is 0 Å². The van der Waals surface area contributed by atoms with Crippen molar-refractivity contribution in [3.05, 3.63) is 35.5 Å². The number of benzene rings is 1. The second-order valence-corrected chi connectivity index (χ2v) is 4.75. The van der Waals surface area contributed by atoms with E-state index in [-0.39, 0.29) is 0 Å². The minimum absolute atomic E-state index is 0.747. The molecule has 1 aliphatic rings. The number of hydrogen-bond donors (Lipinski definition) is 3. The minimum atomic E-state index is -5.08. The number of aliphatic carboxylic acids is 2. The first-order valence-corrected chi connectivity index (χ1v) is 6.60. The zero-order valence-corrected chi connectivity index (χ0v) is 12.6. The van der Waals surface area contributed by atoms with Gasteiger partial charge in [-0.1, -0.05) is 12.1 Å². The molecule has 1 aromatic carbocycles. The highest BCUT2D eigenvalue weighted by Crippen LogP contribution is 2.27. The molecule has 6 nitrogen and oxygen atoms in total. The van der Waals surface area contributed by atoms with Crippen molar-refractivity contribution in [1.29, 1.82) is 0 Å². The van der Waals surface area contributed by atoms with Crippen LogP contribution >= 0.6 is 0 Å². The molecule has 12 heteroatoms. The normalized spacial score (nSPS) is 13.2. The molecule has 0 aliphatic carbocycles. The zero-order valence-electron chi connectivity index (χ0n) is 12.6. The van der Waals surface area contributed by atoms with Crippen LogP contribution < -0.4 is 0 Å². The fourth-order valence-electron chi connectivity index (χ4n) is 1.84. The Balaban J connectivity index is 0.000000212. The number of nitrogens with one attached hydrogen (secondary N) is 1. The largest absolute Gasteiger partial charge is 0.490 e. The number of rotatable bonds is 0. The van der Waals surface area contributed by atoms with E-state index in [0.717, 1.165) is 13.2 Å². The molecular formula is C14H11F6NO5. The van der Waals surface area contributed by atoms with Crippen molar-refractivity contribution in [1.82, 2.24) is 4.98 Å². The molecule has 3 N–H and O–H groups in total. The summed E-state index contributed by atoms with van der Waals surface area (Å²) >= 11 is 0. The molecule has 0 saturated heterocycles. The van der Waals surface area contributed by atoms with Crippen molar-refractivity contribution in [3.8, 4) is 0 Å². The third-order valence-corrected chi connectivity index (χ3v) is 2.87. The summed E-state index contributed by atoms with van der Waals surface area (Å²) in [5.41, 5.74) is 3.81. The van der Waals surface area contributed by atoms with Crippen LogP contribution in [0.5, 0.6) is 0 Å². The van der Waals surface area contributed by atoms with Crippen LogP contribution in [0.15, 0.2) is 24.4 Å². The van der Waals surface area contributed by atoms with Gasteiger partial charge in [0.25, 0.3) is 0 Å². The van der Waals surface area contributed by atoms with E-state index in [9.17, 15) is 26.3 Å². The molecule has 26 heavy (non-hydrogen) atoms. The second-order valence-electron chi connectivity index (χ2n) is 4.75. The van der Waals surface area contributed by atoms with Gasteiger partial charge in [-0.3, -0.25) is 0 Å². The molecule has 0 radical (unpaired) electrons. The second kappa shape index (κ2) is 8.08. The number of carbonyl (C=O) groups is 2. The maximum absolute atomic E-state index is 10.6. The molecule has 0 unspecified atom stereocenters. The van der Waals surface area contributed by atoms with Crippen molar-refractivity contribution in [2.45, 2.75) is 25.6 Å². The molecule has 144 valence electrons. The first-order valence-electron chi connectivity index (χ1n) is 6.60. The molecule has 1 aromatic heterocycles. The highest BCUT2D eigenvalue weighted by molar-refractivity contribution is 5.86. The lowest BCUT2D eigenvalue weighted by Crippen LogP contribution is -2.21. The number of carboxylic acid groups (broad SMARTS) is 2. The van der Waals surface area contributed by atoms with Crippen LogP contribution in [0.25, 0.3) is 10.9 Å². The number of aromatic amines is 1. The average molecular weight is 387 g/mol. The van der Waals surface area contributed by atoms with E-state index < -0.39 is 24.3 Å². The molecule has 0 spiro atoms. The van der Waals surface area contributed by atoms with Crippen molar-refractivity contribution in [2.24, 2.45) is 0 Å². The van der Waals surface area contributed by atoms with E-state index >= 15 is 0 Å². The first kappa shape index (κ1) is 21.3. The van der Waals surface area contributed by atoms with Crippen molar-refractivity contribution >= 4 is 22.8 Å². The molecule has 0 fully saturated rings. The van der Waals surface area contributed by atoms with E-state index in [0.29, 0.717) is 0 Å². The zero-order chi connectivity index (χ0) is 20.1. The van der Waals surface area contributed by atoms with E-state index in [4.69, 9.17) is 24.5 Å². The van der Waals surface area contributed by atoms with Gasteiger partial charge in [-0.05, 0) is 11.6 Å². The molecule has 1 aliphatic heterocycles. The highest BCUT2D eigenvalue weighted by Gasteiger charge is 2.38. The first-order chi connectivity index (χ1) is 11.8. The van der Waals surface area contributed by atoms with Gasteiger partial charge in [0, 0.05) is 22.7 Å². The lowest BCUT2D eigenvalue weighted by atomic mass is 10.1. The Morgan fingerprint density at radius 2 is 1.38 bits per heavy atom. The Kier molecular flexibility index (Phi) is 6.61. The summed E-state index contributed by atoms with van der Waals surface area (Å²) in [7, 11) is 0. The Labute approximate surface area is 141 Å². The maximum Gasteiger partial charge on any atom is 0.490 e. The van der Waals surface area contributed by atoms with E-state index in [1.165, 1.54) is 22.0 Å². The summed E-state index contributed by atoms with van der Waals surface area (Å²) in [5.74, 6) is -5.51. The van der Waals surface area contributed by atoms with E-state index in [1.807, 2.05) is 6.20 Å². The quantitative estimate of drug-likeness (QED) is 0.602. The van der Waals surface area contributed by atoms with Crippen LogP contribution in [0.1, 0.15) is 11.1 Å². The molecule has 0 atom stereocenters. The summed E-state index contributed by atoms with van der Waals surface area (Å²) < 4.78 is 68.9. The summed E-state index contributed by atoms with van der Waals surface area (Å²) in [6.45, 7) is 1.50. The lowest BCUT2D eigenvalue weighted by molar-refractivity contribution is -0.193. The third kappa shape index (κ3) is 5.95. The monoisotopic (exact) mass is 387 g/mol. The van der Waals surface area contributed by atoms with Gasteiger partial charge in [-0.2, -0.15) is 26.3 Å². The Hall–Kier alpha value is -2.76. The lowest BCUT2D eigenvalue weighted by Gasteiger charge is -2.12. The van der Waals surface area contributed by atoms with Gasteiger partial charge >= 0.3 is 24.3 Å². The molecule has 0 amide bonds. The summed E-state index contributed by atoms with van der Waals surface area (Å²) in [6, 6.07) is 6.29. The molecule has 0 saturated carbocycles. The predicted octanol–water partition coefficient (Wildman–Crippen LogP) is 3.46. The standard InChI is InChI=1S/C10H9NO.2C2HF3O2/c1-2-7-5-12-6-8-4-11-9(3-1)10(7)8;2*3-2(4,5)1(6)7/h1-4,11H,5-6H2;2*(H,6,7). The van der Waals surface area contributed by atoms with Crippen molar-refractivity contribution in [3.63, 3.8) is 0 Å². The van der Waals surface area contributed by atoms with Crippen molar-refractivity contribution < 1.29 is 50.9 Å². The molecule has 0 bridgehead atoms. The Morgan fingerprint density at radius 3 is 1.85 bits per heavy atom. The van der Waals surface area contributed by atoms with Gasteiger partial charge in [-0.15, -0.1) is 0 Å². The van der Waals surface area contributed by atoms with E-state index in [2.05, 4.69) is 23.2 Å². The van der Waals surface area contributed by atoms with Crippen LogP contribution in [-0.4, -0.2) is 39.5 Å². The van der Waals surface area contributed by atoms with Crippen LogP contribution in [0.4, 0.5) is 26.3 Å². The Bertz CT molecular complexity index is 756. The Morgan fingerprint density at radius 1 is 0.923 bits per heavy atom. The number of aromatic nitrogens is 1. The number of H-pyrrole nitrogens is 1. The SMILES string of the molecule is O=C(O)C(F)(F)F.O=C(O)C(F)(F)F.c1cc2c3c(c[nH]c3c1)COC2. The van der Waals surface area contributed by atoms with Gasteiger partial charge in [-0.25, -0.2) is 9.59 Å². The minimum Gasteiger partial charge on any atom is -0.475 e. The molecule has 2 heterocycles. The third-order valence-electron chi connectivity index (χ3n) is 2.87. The molecule has 3 rings (SSSR count). The van der Waals surface area contributed by atoms with Crippen LogP contribution in [0.2, 0.25) is 0 Å². The van der Waals surface area contributed by atoms with Crippen LogP contribution in [0.3, 0.4) is 0 Å². The average Bonchev–Trinajstić information content (AvgIpc) is 2.93. The van der Waals surface area contributed by atoms with Crippen LogP contribution in [0, 0.1) is 0 Å². The fourth-order valence-corrected chi connectivity index (χ4v) is 1.84. The predicted molar refractivity (Wildman–Crippen MR) is 74.2 cm³/mol. The number of hydrogen-bond acceptors (Lipinski definition) is 3. The number of ether oxygens (including phenoxy) is 1. The smallest absolute Gasteiger partial charge is 0.475 e. The maximum atomic E-state index is 10.6. The van der Waals surface area contributed by atoms with Crippen LogP contribution in [-0.2, 0) is 27.5 Å². The van der Waals surface area contributed by atoms with Gasteiger partial charge < -0.3 is 19.9 Å². The number of halogens is 6. The summed E-state index contributed by atoms with van der Waals surface area (Å²) in [5, 5.41) is 15.6. The highest BCUT2D eigenvalue weighted by atomic mass is 19.4. The number of carboxylic acids is 2. The molecular weight excluding hydrogens is 376 g/mol.